The predicted molar refractivity (Wildman–Crippen MR) is 71.5 cm³/mol. The van der Waals surface area contributed by atoms with Gasteiger partial charge in [0.2, 0.25) is 0 Å². The zero-order valence-corrected chi connectivity index (χ0v) is 10.7. The van der Waals surface area contributed by atoms with E-state index in [1.54, 1.807) is 12.1 Å². The number of nitro groups is 2. The van der Waals surface area contributed by atoms with E-state index in [-0.39, 0.29) is 5.56 Å². The Bertz CT molecular complexity index is 720. The van der Waals surface area contributed by atoms with Gasteiger partial charge in [-0.2, -0.15) is 0 Å². The average molecular weight is 305 g/mol. The van der Waals surface area contributed by atoms with Crippen LogP contribution in [0, 0.1) is 20.2 Å². The number of oxime groups is 1. The first-order valence-electron chi connectivity index (χ1n) is 5.69. The van der Waals surface area contributed by atoms with Crippen molar-refractivity contribution in [1.29, 1.82) is 0 Å². The number of non-ortho nitro benzene ring substituents is 2. The molecule has 1 aromatic heterocycles. The summed E-state index contributed by atoms with van der Waals surface area (Å²) in [5.41, 5.74) is -1.56. The van der Waals surface area contributed by atoms with Gasteiger partial charge in [0.25, 0.3) is 11.4 Å². The molecule has 0 saturated carbocycles. The first kappa shape index (κ1) is 14.8. The second kappa shape index (κ2) is 6.26. The lowest BCUT2D eigenvalue weighted by molar-refractivity contribution is -0.394. The van der Waals surface area contributed by atoms with Crippen molar-refractivity contribution < 1.29 is 23.9 Å². The summed E-state index contributed by atoms with van der Waals surface area (Å²) in [4.78, 5) is 35.9. The number of carbonyl (C=O) groups is 1. The van der Waals surface area contributed by atoms with Crippen molar-refractivity contribution in [3.05, 3.63) is 68.1 Å². The van der Waals surface area contributed by atoms with Gasteiger partial charge in [0.05, 0.1) is 27.7 Å². The highest BCUT2D eigenvalue weighted by Gasteiger charge is 2.20. The van der Waals surface area contributed by atoms with Crippen LogP contribution in [-0.4, -0.2) is 22.0 Å². The number of rotatable bonds is 5. The van der Waals surface area contributed by atoms with Crippen molar-refractivity contribution in [3.63, 3.8) is 0 Å². The maximum atomic E-state index is 11.7. The molecule has 0 fully saturated rings. The number of benzene rings is 1. The molecule has 112 valence electrons. The topological polar surface area (TPSA) is 138 Å². The molecule has 0 atom stereocenters. The molecule has 2 rings (SSSR count). The minimum atomic E-state index is -1.07. The van der Waals surface area contributed by atoms with E-state index in [9.17, 15) is 25.0 Å². The zero-order valence-electron chi connectivity index (χ0n) is 10.7. The van der Waals surface area contributed by atoms with Crippen LogP contribution in [0.15, 0.2) is 46.2 Å². The molecular weight excluding hydrogens is 298 g/mol. The van der Waals surface area contributed by atoms with Crippen LogP contribution in [-0.2, 0) is 4.84 Å². The Kier molecular flexibility index (Phi) is 4.22. The predicted octanol–water partition coefficient (Wildman–Crippen LogP) is 2.29. The highest BCUT2D eigenvalue weighted by molar-refractivity contribution is 5.91. The molecule has 2 aromatic rings. The largest absolute Gasteiger partial charge is 0.463 e. The van der Waals surface area contributed by atoms with Crippen LogP contribution in [0.25, 0.3) is 0 Å². The number of hydrogen-bond donors (Lipinski definition) is 0. The van der Waals surface area contributed by atoms with Gasteiger partial charge in [0, 0.05) is 12.1 Å². The first-order valence-corrected chi connectivity index (χ1v) is 5.69. The summed E-state index contributed by atoms with van der Waals surface area (Å²) in [6.45, 7) is 0. The molecule has 10 nitrogen and oxygen atoms in total. The van der Waals surface area contributed by atoms with E-state index in [4.69, 9.17) is 4.42 Å². The van der Waals surface area contributed by atoms with Crippen molar-refractivity contribution in [3.8, 4) is 0 Å². The molecule has 0 aliphatic carbocycles. The fourth-order valence-corrected chi connectivity index (χ4v) is 1.47. The molecule has 22 heavy (non-hydrogen) atoms. The third-order valence-corrected chi connectivity index (χ3v) is 2.42. The van der Waals surface area contributed by atoms with Gasteiger partial charge in [-0.3, -0.25) is 20.2 Å². The fourth-order valence-electron chi connectivity index (χ4n) is 1.47. The van der Waals surface area contributed by atoms with Crippen LogP contribution < -0.4 is 0 Å². The maximum absolute atomic E-state index is 11.7. The summed E-state index contributed by atoms with van der Waals surface area (Å²) in [5.74, 6) is -0.757. The number of furan rings is 1. The standard InChI is InChI=1S/C12H7N3O7/c16-12(22-13-7-11-2-1-3-21-11)8-4-9(14(17)18)6-10(5-8)15(19)20/h1-7H/b13-7+. The number of nitro benzene ring substituents is 2. The Morgan fingerprint density at radius 1 is 1.18 bits per heavy atom. The molecule has 0 bridgehead atoms. The van der Waals surface area contributed by atoms with E-state index in [0.29, 0.717) is 5.76 Å². The average Bonchev–Trinajstić information content (AvgIpc) is 2.99. The van der Waals surface area contributed by atoms with Crippen LogP contribution >= 0.6 is 0 Å². The van der Waals surface area contributed by atoms with Gasteiger partial charge in [0.15, 0.2) is 0 Å². The summed E-state index contributed by atoms with van der Waals surface area (Å²) in [6.07, 6.45) is 2.48. The summed E-state index contributed by atoms with van der Waals surface area (Å²) in [5, 5.41) is 24.7. The van der Waals surface area contributed by atoms with E-state index in [0.717, 1.165) is 24.4 Å². The van der Waals surface area contributed by atoms with Crippen LogP contribution in [0.3, 0.4) is 0 Å². The van der Waals surface area contributed by atoms with Gasteiger partial charge in [-0.15, -0.1) is 0 Å². The van der Waals surface area contributed by atoms with Gasteiger partial charge in [0.1, 0.15) is 12.0 Å². The van der Waals surface area contributed by atoms with Gasteiger partial charge in [-0.1, -0.05) is 5.16 Å². The van der Waals surface area contributed by atoms with Gasteiger partial charge in [-0.05, 0) is 12.1 Å². The van der Waals surface area contributed by atoms with Crippen molar-refractivity contribution in [2.24, 2.45) is 5.16 Å². The van der Waals surface area contributed by atoms with E-state index in [1.165, 1.54) is 6.26 Å². The normalized spacial score (nSPS) is 10.5. The molecular formula is C12H7N3O7. The molecule has 0 spiro atoms. The molecule has 0 radical (unpaired) electrons. The quantitative estimate of drug-likeness (QED) is 0.357. The molecule has 0 amide bonds. The van der Waals surface area contributed by atoms with Crippen LogP contribution in [0.5, 0.6) is 0 Å². The van der Waals surface area contributed by atoms with E-state index >= 15 is 0 Å². The second-order valence-electron chi connectivity index (χ2n) is 3.88. The van der Waals surface area contributed by atoms with Gasteiger partial charge >= 0.3 is 5.97 Å². The van der Waals surface area contributed by atoms with E-state index in [1.807, 2.05) is 0 Å². The number of carbonyl (C=O) groups excluding carboxylic acids is 1. The highest BCUT2D eigenvalue weighted by atomic mass is 16.7. The smallest absolute Gasteiger partial charge is 0.366 e. The van der Waals surface area contributed by atoms with Crippen molar-refractivity contribution in [2.75, 3.05) is 0 Å². The summed E-state index contributed by atoms with van der Waals surface area (Å²) < 4.78 is 4.90. The lowest BCUT2D eigenvalue weighted by Gasteiger charge is -1.99. The molecule has 1 aromatic carbocycles. The minimum absolute atomic E-state index is 0.317. The van der Waals surface area contributed by atoms with Crippen molar-refractivity contribution in [1.82, 2.24) is 0 Å². The van der Waals surface area contributed by atoms with Crippen LogP contribution in [0.1, 0.15) is 16.1 Å². The third-order valence-electron chi connectivity index (χ3n) is 2.42. The summed E-state index contributed by atoms with van der Waals surface area (Å²) in [6, 6.07) is 5.60. The maximum Gasteiger partial charge on any atom is 0.366 e. The molecule has 0 N–H and O–H groups in total. The Labute approximate surface area is 121 Å². The minimum Gasteiger partial charge on any atom is -0.463 e. The Hall–Kier alpha value is -3.56. The molecule has 0 aliphatic rings. The molecule has 1 heterocycles. The van der Waals surface area contributed by atoms with Crippen LogP contribution in [0.2, 0.25) is 0 Å². The fraction of sp³-hybridized carbons (Fsp3) is 0. The van der Waals surface area contributed by atoms with E-state index in [2.05, 4.69) is 9.99 Å². The zero-order chi connectivity index (χ0) is 16.1. The van der Waals surface area contributed by atoms with Gasteiger partial charge in [-0.25, -0.2) is 4.79 Å². The third kappa shape index (κ3) is 3.50. The first-order chi connectivity index (χ1) is 10.5. The van der Waals surface area contributed by atoms with E-state index < -0.39 is 27.2 Å². The van der Waals surface area contributed by atoms with Crippen molar-refractivity contribution >= 4 is 23.6 Å². The number of hydrogen-bond acceptors (Lipinski definition) is 8. The molecule has 0 aliphatic heterocycles. The SMILES string of the molecule is O=C(O/N=C/c1ccco1)c1cc([N+](=O)[O-])cc([N+](=O)[O-])c1. The Balaban J connectivity index is 2.21. The van der Waals surface area contributed by atoms with Crippen molar-refractivity contribution in [2.45, 2.75) is 0 Å². The summed E-state index contributed by atoms with van der Waals surface area (Å²) >= 11 is 0. The highest BCUT2D eigenvalue weighted by Crippen LogP contribution is 2.23. The van der Waals surface area contributed by atoms with Crippen LogP contribution in [0.4, 0.5) is 11.4 Å². The number of nitrogens with zero attached hydrogens (tertiary/aromatic N) is 3. The molecule has 0 unspecified atom stereocenters. The Morgan fingerprint density at radius 2 is 1.82 bits per heavy atom. The molecule has 0 saturated heterocycles. The lowest BCUT2D eigenvalue weighted by atomic mass is 10.2. The monoisotopic (exact) mass is 305 g/mol. The lowest BCUT2D eigenvalue weighted by Crippen LogP contribution is -2.03. The van der Waals surface area contributed by atoms with Gasteiger partial charge < -0.3 is 9.25 Å². The molecule has 10 heteroatoms. The summed E-state index contributed by atoms with van der Waals surface area (Å²) in [7, 11) is 0. The second-order valence-corrected chi connectivity index (χ2v) is 3.88. The Morgan fingerprint density at radius 3 is 2.32 bits per heavy atom.